The van der Waals surface area contributed by atoms with E-state index >= 15 is 0 Å². The number of phenols is 2. The van der Waals surface area contributed by atoms with Crippen LogP contribution in [0.4, 0.5) is 13.2 Å². The Morgan fingerprint density at radius 2 is 1.61 bits per heavy atom. The highest BCUT2D eigenvalue weighted by molar-refractivity contribution is 6.33. The molecule has 0 bridgehead atoms. The Morgan fingerprint density at radius 3 is 2.12 bits per heavy atom. The van der Waals surface area contributed by atoms with Crippen LogP contribution in [-0.2, 0) is 6.18 Å². The fourth-order valence-electron chi connectivity index (χ4n) is 4.42. The topological polar surface area (TPSA) is 134 Å². The van der Waals surface area contributed by atoms with E-state index < -0.39 is 75.0 Å². The number of furan rings is 1. The van der Waals surface area contributed by atoms with Crippen molar-refractivity contribution < 1.29 is 42.2 Å². The van der Waals surface area contributed by atoms with Crippen molar-refractivity contribution in [2.24, 2.45) is 5.73 Å². The standard InChI is InChI=1S/C22H15F3N2O6/c23-22(24,25)20-14(21(32)27-6-5-8(26)7-27)13-17(30)11-12(18(31)19(13)33-20)16(29)10-4-2-1-3-9(10)15(11)28/h1-4,8,28-29H,5-7,26H2/t8-/m0/s1. The van der Waals surface area contributed by atoms with Crippen molar-refractivity contribution in [1.82, 2.24) is 4.90 Å². The van der Waals surface area contributed by atoms with Gasteiger partial charge in [0, 0.05) is 29.9 Å². The van der Waals surface area contributed by atoms with Gasteiger partial charge in [-0.15, -0.1) is 0 Å². The quantitative estimate of drug-likeness (QED) is 0.372. The fraction of sp³-hybridized carbons (Fsp3) is 0.227. The lowest BCUT2D eigenvalue weighted by atomic mass is 9.83. The van der Waals surface area contributed by atoms with Crippen molar-refractivity contribution in [3.63, 3.8) is 0 Å². The van der Waals surface area contributed by atoms with E-state index in [1.165, 1.54) is 24.3 Å². The smallest absolute Gasteiger partial charge is 0.450 e. The molecule has 33 heavy (non-hydrogen) atoms. The number of benzene rings is 2. The highest BCUT2D eigenvalue weighted by Gasteiger charge is 2.50. The van der Waals surface area contributed by atoms with E-state index in [4.69, 9.17) is 10.2 Å². The zero-order valence-corrected chi connectivity index (χ0v) is 16.7. The van der Waals surface area contributed by atoms with Crippen LogP contribution in [-0.4, -0.2) is 51.7 Å². The first-order chi connectivity index (χ1) is 15.5. The second-order valence-corrected chi connectivity index (χ2v) is 7.96. The van der Waals surface area contributed by atoms with Gasteiger partial charge in [-0.2, -0.15) is 13.2 Å². The second-order valence-electron chi connectivity index (χ2n) is 7.96. The Labute approximate surface area is 183 Å². The Balaban J connectivity index is 1.80. The predicted molar refractivity (Wildman–Crippen MR) is 106 cm³/mol. The molecule has 3 aromatic rings. The number of likely N-dealkylation sites (tertiary alicyclic amines) is 1. The highest BCUT2D eigenvalue weighted by Crippen LogP contribution is 2.47. The molecule has 170 valence electrons. The maximum atomic E-state index is 13.8. The van der Waals surface area contributed by atoms with E-state index in [1.54, 1.807) is 0 Å². The Morgan fingerprint density at radius 1 is 1.03 bits per heavy atom. The van der Waals surface area contributed by atoms with Crippen molar-refractivity contribution in [2.45, 2.75) is 18.6 Å². The fourth-order valence-corrected chi connectivity index (χ4v) is 4.42. The van der Waals surface area contributed by atoms with E-state index in [2.05, 4.69) is 0 Å². The first kappa shape index (κ1) is 21.0. The first-order valence-electron chi connectivity index (χ1n) is 9.87. The summed E-state index contributed by atoms with van der Waals surface area (Å²) >= 11 is 0. The maximum absolute atomic E-state index is 13.8. The van der Waals surface area contributed by atoms with Crippen LogP contribution < -0.4 is 5.73 Å². The lowest BCUT2D eigenvalue weighted by Gasteiger charge is -2.20. The van der Waals surface area contributed by atoms with E-state index in [0.29, 0.717) is 6.42 Å². The number of alkyl halides is 3. The van der Waals surface area contributed by atoms with Gasteiger partial charge in [-0.05, 0) is 6.42 Å². The lowest BCUT2D eigenvalue weighted by molar-refractivity contribution is -0.153. The van der Waals surface area contributed by atoms with Gasteiger partial charge in [-0.3, -0.25) is 14.4 Å². The molecule has 0 spiro atoms. The van der Waals surface area contributed by atoms with E-state index in [1.807, 2.05) is 0 Å². The lowest BCUT2D eigenvalue weighted by Crippen LogP contribution is -2.34. The average molecular weight is 460 g/mol. The number of halogens is 3. The summed E-state index contributed by atoms with van der Waals surface area (Å²) in [6.45, 7) is 0.0259. The van der Waals surface area contributed by atoms with E-state index in [9.17, 15) is 37.8 Å². The molecule has 2 heterocycles. The van der Waals surface area contributed by atoms with Gasteiger partial charge >= 0.3 is 6.18 Å². The zero-order valence-electron chi connectivity index (χ0n) is 16.7. The van der Waals surface area contributed by atoms with Crippen LogP contribution in [0.15, 0.2) is 28.7 Å². The van der Waals surface area contributed by atoms with Crippen LogP contribution in [0, 0.1) is 0 Å². The molecule has 4 N–H and O–H groups in total. The third-order valence-corrected chi connectivity index (χ3v) is 5.94. The Hall–Kier alpha value is -3.86. The molecular weight excluding hydrogens is 445 g/mol. The summed E-state index contributed by atoms with van der Waals surface area (Å²) in [5, 5.41) is 21.4. The molecule has 1 aliphatic heterocycles. The molecular formula is C22H15F3N2O6. The van der Waals surface area contributed by atoms with Gasteiger partial charge in [0.25, 0.3) is 5.91 Å². The van der Waals surface area contributed by atoms with Crippen molar-refractivity contribution in [1.29, 1.82) is 0 Å². The van der Waals surface area contributed by atoms with Crippen molar-refractivity contribution in [3.05, 3.63) is 58.0 Å². The Kier molecular flexibility index (Phi) is 4.34. The van der Waals surface area contributed by atoms with Gasteiger partial charge in [0.2, 0.25) is 17.3 Å². The second kappa shape index (κ2) is 6.82. The number of aromatic hydroxyl groups is 2. The number of carbonyl (C=O) groups is 3. The van der Waals surface area contributed by atoms with Crippen LogP contribution in [0.1, 0.15) is 54.6 Å². The molecule has 0 unspecified atom stereocenters. The van der Waals surface area contributed by atoms with Gasteiger partial charge in [0.05, 0.1) is 16.7 Å². The number of fused-ring (bicyclic) bond motifs is 3. The molecule has 1 aliphatic carbocycles. The number of ketones is 2. The molecule has 1 aromatic heterocycles. The first-order valence-corrected chi connectivity index (χ1v) is 9.87. The number of carbonyl (C=O) groups excluding carboxylic acids is 3. The molecule has 5 rings (SSSR count). The molecule has 1 saturated heterocycles. The summed E-state index contributed by atoms with van der Waals surface area (Å²) in [5.41, 5.74) is 2.38. The highest BCUT2D eigenvalue weighted by atomic mass is 19.4. The summed E-state index contributed by atoms with van der Waals surface area (Å²) in [6, 6.07) is 5.29. The molecule has 2 aromatic carbocycles. The van der Waals surface area contributed by atoms with Crippen LogP contribution in [0.2, 0.25) is 0 Å². The monoisotopic (exact) mass is 460 g/mol. The van der Waals surface area contributed by atoms with Gasteiger partial charge in [-0.25, -0.2) is 0 Å². The van der Waals surface area contributed by atoms with Crippen LogP contribution in [0.25, 0.3) is 10.8 Å². The van der Waals surface area contributed by atoms with Crippen LogP contribution in [0.3, 0.4) is 0 Å². The van der Waals surface area contributed by atoms with Crippen LogP contribution in [0.5, 0.6) is 11.5 Å². The third kappa shape index (κ3) is 2.85. The summed E-state index contributed by atoms with van der Waals surface area (Å²) in [5.74, 6) is -7.84. The minimum absolute atomic E-state index is 0.0104. The summed E-state index contributed by atoms with van der Waals surface area (Å²) in [6.07, 6.45) is -4.85. The number of nitrogens with zero attached hydrogens (tertiary/aromatic N) is 1. The number of phenolic OH excluding ortho intramolecular Hbond substituents is 2. The molecule has 1 atom stereocenters. The number of rotatable bonds is 1. The maximum Gasteiger partial charge on any atom is 0.450 e. The Bertz CT molecular complexity index is 1390. The van der Waals surface area contributed by atoms with Crippen molar-refractivity contribution in [2.75, 3.05) is 13.1 Å². The van der Waals surface area contributed by atoms with E-state index in [0.717, 1.165) is 4.90 Å². The zero-order chi connectivity index (χ0) is 23.8. The van der Waals surface area contributed by atoms with Crippen LogP contribution >= 0.6 is 0 Å². The van der Waals surface area contributed by atoms with Crippen molar-refractivity contribution in [3.8, 4) is 11.5 Å². The van der Waals surface area contributed by atoms with Gasteiger partial charge in [-0.1, -0.05) is 24.3 Å². The normalized spacial score (nSPS) is 18.1. The molecule has 0 radical (unpaired) electrons. The number of amides is 1. The number of hydrogen-bond acceptors (Lipinski definition) is 7. The van der Waals surface area contributed by atoms with Gasteiger partial charge in [0.1, 0.15) is 17.1 Å². The largest absolute Gasteiger partial charge is 0.506 e. The third-order valence-electron chi connectivity index (χ3n) is 5.94. The molecule has 11 heteroatoms. The van der Waals surface area contributed by atoms with Gasteiger partial charge < -0.3 is 25.3 Å². The molecule has 1 fully saturated rings. The minimum atomic E-state index is -5.20. The van der Waals surface area contributed by atoms with Crippen molar-refractivity contribution >= 4 is 28.2 Å². The number of nitrogens with two attached hydrogens (primary N) is 1. The summed E-state index contributed by atoms with van der Waals surface area (Å²) in [7, 11) is 0. The minimum Gasteiger partial charge on any atom is -0.506 e. The molecule has 1 amide bonds. The SMILES string of the molecule is N[C@H]1CCN(C(=O)c2c(C(F)(F)F)oc3c2C(=O)c2c(c(O)c4ccccc4c2O)C3=O)C1. The summed E-state index contributed by atoms with van der Waals surface area (Å²) < 4.78 is 46.2. The average Bonchev–Trinajstić information content (AvgIpc) is 3.38. The van der Waals surface area contributed by atoms with E-state index in [-0.39, 0.29) is 23.9 Å². The molecule has 0 saturated carbocycles. The summed E-state index contributed by atoms with van der Waals surface area (Å²) in [4.78, 5) is 40.6. The molecule has 8 nitrogen and oxygen atoms in total. The molecule has 2 aliphatic rings. The number of hydrogen-bond donors (Lipinski definition) is 3. The van der Waals surface area contributed by atoms with Gasteiger partial charge in [0.15, 0.2) is 5.76 Å². The predicted octanol–water partition coefficient (Wildman–Crippen LogP) is 2.81.